The maximum Gasteiger partial charge on any atom is 0.191 e. The van der Waals surface area contributed by atoms with Crippen molar-refractivity contribution < 1.29 is 4.74 Å². The van der Waals surface area contributed by atoms with Gasteiger partial charge in [-0.1, -0.05) is 37.8 Å². The molecule has 0 fully saturated rings. The molecule has 0 aliphatic heterocycles. The summed E-state index contributed by atoms with van der Waals surface area (Å²) >= 11 is 0. The maximum absolute atomic E-state index is 5.68. The van der Waals surface area contributed by atoms with Crippen LogP contribution >= 0.6 is 0 Å². The summed E-state index contributed by atoms with van der Waals surface area (Å²) in [6.07, 6.45) is 2.91. The number of nitrogens with one attached hydrogen (secondary N) is 2. The monoisotopic (exact) mass is 332 g/mol. The largest absolute Gasteiger partial charge is 0.489 e. The van der Waals surface area contributed by atoms with Crippen molar-refractivity contribution in [2.45, 2.75) is 32.9 Å². The van der Waals surface area contributed by atoms with Crippen LogP contribution in [-0.4, -0.2) is 50.7 Å². The first kappa shape index (κ1) is 20.0. The number of benzene rings is 1. The number of hydrogen-bond donors (Lipinski definition) is 2. The molecule has 5 heteroatoms. The second kappa shape index (κ2) is 11.5. The molecule has 0 radical (unpaired) electrons. The highest BCUT2D eigenvalue weighted by molar-refractivity contribution is 5.79. The van der Waals surface area contributed by atoms with Crippen molar-refractivity contribution in [3.8, 4) is 5.75 Å². The van der Waals surface area contributed by atoms with Gasteiger partial charge >= 0.3 is 0 Å². The van der Waals surface area contributed by atoms with Crippen molar-refractivity contribution in [2.24, 2.45) is 4.99 Å². The average molecular weight is 332 g/mol. The van der Waals surface area contributed by atoms with Gasteiger partial charge < -0.3 is 20.3 Å². The predicted octanol–water partition coefficient (Wildman–Crippen LogP) is 2.65. The Bertz CT molecular complexity index is 516. The summed E-state index contributed by atoms with van der Waals surface area (Å²) in [5, 5.41) is 6.69. The Balaban J connectivity index is 2.46. The van der Waals surface area contributed by atoms with Gasteiger partial charge in [-0.15, -0.1) is 0 Å². The van der Waals surface area contributed by atoms with Crippen molar-refractivity contribution in [3.05, 3.63) is 42.5 Å². The number of guanidine groups is 1. The Morgan fingerprint density at radius 2 is 2.12 bits per heavy atom. The normalized spacial score (nSPS) is 12.8. The zero-order chi connectivity index (χ0) is 17.8. The van der Waals surface area contributed by atoms with Gasteiger partial charge in [0.15, 0.2) is 5.96 Å². The highest BCUT2D eigenvalue weighted by Crippen LogP contribution is 2.17. The molecule has 0 aliphatic carbocycles. The Kier molecular flexibility index (Phi) is 9.61. The van der Waals surface area contributed by atoms with E-state index in [1.165, 1.54) is 0 Å². The van der Waals surface area contributed by atoms with Crippen LogP contribution in [0.25, 0.3) is 0 Å². The predicted molar refractivity (Wildman–Crippen MR) is 103 cm³/mol. The van der Waals surface area contributed by atoms with E-state index in [9.17, 15) is 0 Å². The number of hydrogen-bond acceptors (Lipinski definition) is 3. The van der Waals surface area contributed by atoms with Crippen LogP contribution in [0.5, 0.6) is 5.75 Å². The van der Waals surface area contributed by atoms with Gasteiger partial charge in [0, 0.05) is 38.3 Å². The first-order valence-corrected chi connectivity index (χ1v) is 8.58. The Morgan fingerprint density at radius 1 is 1.38 bits per heavy atom. The molecule has 0 saturated carbocycles. The topological polar surface area (TPSA) is 48.9 Å². The van der Waals surface area contributed by atoms with E-state index in [0.29, 0.717) is 19.2 Å². The minimum absolute atomic E-state index is 0.506. The van der Waals surface area contributed by atoms with Crippen LogP contribution in [0.3, 0.4) is 0 Å². The van der Waals surface area contributed by atoms with E-state index in [1.54, 1.807) is 13.1 Å². The molecule has 1 aromatic carbocycles. The Hall–Kier alpha value is -2.01. The molecular weight excluding hydrogens is 300 g/mol. The average Bonchev–Trinajstić information content (AvgIpc) is 2.62. The summed E-state index contributed by atoms with van der Waals surface area (Å²) < 4.78 is 5.68. The molecule has 0 spiro atoms. The molecule has 0 bridgehead atoms. The molecule has 1 aromatic rings. The lowest BCUT2D eigenvalue weighted by molar-refractivity contribution is 0.255. The molecule has 1 atom stereocenters. The summed E-state index contributed by atoms with van der Waals surface area (Å²) in [4.78, 5) is 6.62. The summed E-state index contributed by atoms with van der Waals surface area (Å²) in [5.41, 5.74) is 1.10. The molecule has 1 rings (SSSR count). The fraction of sp³-hybridized carbons (Fsp3) is 0.526. The number of rotatable bonds is 10. The van der Waals surface area contributed by atoms with Crippen LogP contribution in [0.2, 0.25) is 0 Å². The smallest absolute Gasteiger partial charge is 0.191 e. The molecule has 2 N–H and O–H groups in total. The summed E-state index contributed by atoms with van der Waals surface area (Å²) in [6.45, 7) is 11.1. The number of aliphatic imine (C=N–C) groups is 1. The Labute approximate surface area is 146 Å². The van der Waals surface area contributed by atoms with Crippen molar-refractivity contribution in [3.63, 3.8) is 0 Å². The summed E-state index contributed by atoms with van der Waals surface area (Å²) in [7, 11) is 3.94. The van der Waals surface area contributed by atoms with Crippen molar-refractivity contribution >= 4 is 5.96 Å². The molecule has 0 aliphatic rings. The van der Waals surface area contributed by atoms with E-state index in [1.807, 2.05) is 18.2 Å². The fourth-order valence-corrected chi connectivity index (χ4v) is 2.22. The highest BCUT2D eigenvalue weighted by Gasteiger charge is 2.07. The van der Waals surface area contributed by atoms with Crippen LogP contribution in [0.1, 0.15) is 25.8 Å². The van der Waals surface area contributed by atoms with E-state index in [0.717, 1.165) is 36.8 Å². The first-order valence-electron chi connectivity index (χ1n) is 8.58. The SMILES string of the molecule is C=CCOc1ccccc1CNC(=NC)NCCN(C)C(C)CC. The number of likely N-dealkylation sites (N-methyl/N-ethyl adjacent to an activating group) is 1. The Morgan fingerprint density at radius 3 is 2.79 bits per heavy atom. The fourth-order valence-electron chi connectivity index (χ4n) is 2.22. The molecule has 0 heterocycles. The molecule has 1 unspecified atom stereocenters. The lowest BCUT2D eigenvalue weighted by atomic mass is 10.2. The third-order valence-corrected chi connectivity index (χ3v) is 4.10. The number of ether oxygens (including phenoxy) is 1. The molecule has 0 amide bonds. The van der Waals surface area contributed by atoms with Crippen LogP contribution in [0.4, 0.5) is 0 Å². The van der Waals surface area contributed by atoms with Gasteiger partial charge in [0.2, 0.25) is 0 Å². The van der Waals surface area contributed by atoms with Crippen molar-refractivity contribution in [2.75, 3.05) is 33.8 Å². The number of nitrogens with zero attached hydrogens (tertiary/aromatic N) is 2. The second-order valence-corrected chi connectivity index (χ2v) is 5.80. The van der Waals surface area contributed by atoms with Gasteiger partial charge in [0.1, 0.15) is 12.4 Å². The van der Waals surface area contributed by atoms with E-state index in [4.69, 9.17) is 4.74 Å². The quantitative estimate of drug-likeness (QED) is 0.393. The van der Waals surface area contributed by atoms with Gasteiger partial charge in [-0.3, -0.25) is 4.99 Å². The highest BCUT2D eigenvalue weighted by atomic mass is 16.5. The third-order valence-electron chi connectivity index (χ3n) is 4.10. The lowest BCUT2D eigenvalue weighted by Gasteiger charge is -2.24. The maximum atomic E-state index is 5.68. The van der Waals surface area contributed by atoms with Crippen LogP contribution < -0.4 is 15.4 Å². The molecule has 0 aromatic heterocycles. The lowest BCUT2D eigenvalue weighted by Crippen LogP contribution is -2.42. The van der Waals surface area contributed by atoms with E-state index >= 15 is 0 Å². The molecular formula is C19H32N4O. The van der Waals surface area contributed by atoms with Gasteiger partial charge in [0.05, 0.1) is 0 Å². The minimum atomic E-state index is 0.506. The zero-order valence-electron chi connectivity index (χ0n) is 15.5. The van der Waals surface area contributed by atoms with Crippen LogP contribution in [-0.2, 0) is 6.54 Å². The third kappa shape index (κ3) is 7.04. The summed E-state index contributed by atoms with van der Waals surface area (Å²) in [5.74, 6) is 1.67. The van der Waals surface area contributed by atoms with E-state index in [-0.39, 0.29) is 0 Å². The van der Waals surface area contributed by atoms with Crippen molar-refractivity contribution in [1.82, 2.24) is 15.5 Å². The molecule has 24 heavy (non-hydrogen) atoms. The van der Waals surface area contributed by atoms with E-state index < -0.39 is 0 Å². The molecule has 0 saturated heterocycles. The first-order chi connectivity index (χ1) is 11.6. The van der Waals surface area contributed by atoms with Gasteiger partial charge in [-0.25, -0.2) is 0 Å². The molecule has 134 valence electrons. The zero-order valence-corrected chi connectivity index (χ0v) is 15.5. The second-order valence-electron chi connectivity index (χ2n) is 5.80. The van der Waals surface area contributed by atoms with E-state index in [2.05, 4.69) is 54.1 Å². The summed E-state index contributed by atoms with van der Waals surface area (Å²) in [6, 6.07) is 8.60. The van der Waals surface area contributed by atoms with Crippen molar-refractivity contribution in [1.29, 1.82) is 0 Å². The van der Waals surface area contributed by atoms with Gasteiger partial charge in [0.25, 0.3) is 0 Å². The van der Waals surface area contributed by atoms with Crippen LogP contribution in [0, 0.1) is 0 Å². The van der Waals surface area contributed by atoms with Gasteiger partial charge in [-0.2, -0.15) is 0 Å². The number of para-hydroxylation sites is 1. The molecule has 5 nitrogen and oxygen atoms in total. The van der Waals surface area contributed by atoms with Crippen LogP contribution in [0.15, 0.2) is 41.9 Å². The van der Waals surface area contributed by atoms with Gasteiger partial charge in [-0.05, 0) is 26.5 Å². The minimum Gasteiger partial charge on any atom is -0.489 e. The standard InChI is InChI=1S/C19H32N4O/c1-6-14-24-18-11-9-8-10-17(18)15-22-19(20-4)21-12-13-23(5)16(3)7-2/h6,8-11,16H,1,7,12-15H2,2-5H3,(H2,20,21,22).